The number of carbonyl (C=O) groups is 3. The van der Waals surface area contributed by atoms with Crippen molar-refractivity contribution in [3.05, 3.63) is 101 Å². The van der Waals surface area contributed by atoms with Gasteiger partial charge in [-0.3, -0.25) is 19.4 Å². The number of fused-ring (bicyclic) bond motifs is 1. The molecule has 2 heterocycles. The van der Waals surface area contributed by atoms with Gasteiger partial charge in [0, 0.05) is 11.1 Å². The lowest BCUT2D eigenvalue weighted by atomic mass is 9.90. The number of hydrazine groups is 1. The Hall–Kier alpha value is -3.84. The lowest BCUT2D eigenvalue weighted by molar-refractivity contribution is -0.123. The van der Waals surface area contributed by atoms with Crippen LogP contribution in [0.25, 0.3) is 0 Å². The molecule has 2 aliphatic heterocycles. The Morgan fingerprint density at radius 2 is 1.45 bits per heavy atom. The van der Waals surface area contributed by atoms with Crippen LogP contribution < -0.4 is 10.3 Å². The lowest BCUT2D eigenvalue weighted by Gasteiger charge is -2.25. The molecule has 0 radical (unpaired) electrons. The van der Waals surface area contributed by atoms with Gasteiger partial charge in [-0.2, -0.15) is 0 Å². The number of halogens is 1. The van der Waals surface area contributed by atoms with Crippen LogP contribution in [-0.4, -0.2) is 28.8 Å². The van der Waals surface area contributed by atoms with E-state index in [1.165, 1.54) is 11.1 Å². The Labute approximate surface area is 190 Å². The van der Waals surface area contributed by atoms with Crippen molar-refractivity contribution >= 4 is 23.4 Å². The highest BCUT2D eigenvalue weighted by Gasteiger charge is 2.60. The summed E-state index contributed by atoms with van der Waals surface area (Å²) >= 11 is 0. The molecule has 2 saturated heterocycles. The number of imide groups is 1. The van der Waals surface area contributed by atoms with Crippen molar-refractivity contribution in [1.29, 1.82) is 0 Å². The third kappa shape index (κ3) is 3.41. The second kappa shape index (κ2) is 7.94. The summed E-state index contributed by atoms with van der Waals surface area (Å²) in [5.41, 5.74) is 5.99. The molecule has 7 heteroatoms. The summed E-state index contributed by atoms with van der Waals surface area (Å²) in [6.45, 7) is 3.82. The zero-order chi connectivity index (χ0) is 23.3. The average molecular weight is 443 g/mol. The second-order valence-electron chi connectivity index (χ2n) is 8.49. The molecule has 6 nitrogen and oxygen atoms in total. The molecule has 0 unspecified atom stereocenters. The van der Waals surface area contributed by atoms with E-state index >= 15 is 0 Å². The van der Waals surface area contributed by atoms with Gasteiger partial charge in [0.1, 0.15) is 11.9 Å². The van der Waals surface area contributed by atoms with Crippen molar-refractivity contribution in [1.82, 2.24) is 10.4 Å². The van der Waals surface area contributed by atoms with Crippen LogP contribution in [0.1, 0.15) is 33.1 Å². The highest BCUT2D eigenvalue weighted by atomic mass is 19.1. The Morgan fingerprint density at radius 1 is 0.848 bits per heavy atom. The van der Waals surface area contributed by atoms with Crippen LogP contribution in [0.5, 0.6) is 0 Å². The molecule has 3 amide bonds. The minimum Gasteiger partial charge on any atom is -0.274 e. The fraction of sp³-hybridized carbons (Fsp3) is 0.192. The maximum atomic E-state index is 14.7. The van der Waals surface area contributed by atoms with Gasteiger partial charge in [-0.25, -0.2) is 14.7 Å². The van der Waals surface area contributed by atoms with E-state index in [9.17, 15) is 18.8 Å². The highest BCUT2D eigenvalue weighted by molar-refractivity contribution is 6.25. The number of carbonyl (C=O) groups excluding carboxylic acids is 3. The Morgan fingerprint density at radius 3 is 2.09 bits per heavy atom. The number of rotatable bonds is 3. The average Bonchev–Trinajstić information content (AvgIpc) is 3.32. The third-order valence-corrected chi connectivity index (χ3v) is 6.28. The molecule has 5 rings (SSSR count). The van der Waals surface area contributed by atoms with Crippen molar-refractivity contribution < 1.29 is 18.8 Å². The summed E-state index contributed by atoms with van der Waals surface area (Å²) in [7, 11) is 0. The van der Waals surface area contributed by atoms with Gasteiger partial charge >= 0.3 is 0 Å². The molecular weight excluding hydrogens is 421 g/mol. The van der Waals surface area contributed by atoms with E-state index in [-0.39, 0.29) is 5.56 Å². The first-order valence-corrected chi connectivity index (χ1v) is 10.7. The van der Waals surface area contributed by atoms with Crippen LogP contribution in [-0.2, 0) is 9.59 Å². The summed E-state index contributed by atoms with van der Waals surface area (Å²) in [5, 5.41) is 1.20. The van der Waals surface area contributed by atoms with Gasteiger partial charge in [0.25, 0.3) is 11.8 Å². The first kappa shape index (κ1) is 21.0. The Bertz CT molecular complexity index is 1260. The number of nitrogens with one attached hydrogen (secondary N) is 1. The van der Waals surface area contributed by atoms with Crippen molar-refractivity contribution in [3.63, 3.8) is 0 Å². The predicted molar refractivity (Wildman–Crippen MR) is 121 cm³/mol. The smallest absolute Gasteiger partial charge is 0.268 e. The standard InChI is InChI=1S/C26H22FN3O3/c1-15-7-11-17(12-8-15)24(31)30-23-21(22(28-30)19-5-3-4-6-20(19)27)25(32)29(26(23)33)18-13-9-16(2)10-14-18/h3-14,21-23,28H,1-2H3/t21-,22-,23-/m1/s1. The molecule has 33 heavy (non-hydrogen) atoms. The van der Waals surface area contributed by atoms with Crippen LogP contribution in [0.2, 0.25) is 0 Å². The molecule has 0 spiro atoms. The molecule has 166 valence electrons. The Balaban J connectivity index is 1.59. The van der Waals surface area contributed by atoms with E-state index in [0.29, 0.717) is 11.3 Å². The van der Waals surface area contributed by atoms with Gasteiger partial charge in [-0.1, -0.05) is 53.6 Å². The zero-order valence-electron chi connectivity index (χ0n) is 18.2. The quantitative estimate of drug-likeness (QED) is 0.627. The minimum atomic E-state index is -1.09. The van der Waals surface area contributed by atoms with E-state index in [1.54, 1.807) is 54.6 Å². The number of hydrogen-bond acceptors (Lipinski definition) is 4. The van der Waals surface area contributed by atoms with Crippen LogP contribution in [0, 0.1) is 25.6 Å². The molecule has 3 atom stereocenters. The third-order valence-electron chi connectivity index (χ3n) is 6.28. The van der Waals surface area contributed by atoms with Crippen molar-refractivity contribution in [2.75, 3.05) is 4.90 Å². The molecule has 3 aromatic carbocycles. The summed E-state index contributed by atoms with van der Waals surface area (Å²) in [4.78, 5) is 41.6. The van der Waals surface area contributed by atoms with Crippen molar-refractivity contribution in [2.24, 2.45) is 5.92 Å². The van der Waals surface area contributed by atoms with E-state index in [4.69, 9.17) is 0 Å². The van der Waals surface area contributed by atoms with Gasteiger partial charge in [-0.15, -0.1) is 0 Å². The molecule has 2 fully saturated rings. The number of anilines is 1. The molecule has 0 aliphatic carbocycles. The Kier molecular flexibility index (Phi) is 5.06. The highest BCUT2D eigenvalue weighted by Crippen LogP contribution is 2.42. The monoisotopic (exact) mass is 443 g/mol. The molecule has 2 aliphatic rings. The van der Waals surface area contributed by atoms with E-state index < -0.39 is 41.5 Å². The van der Waals surface area contributed by atoms with Gasteiger partial charge in [0.05, 0.1) is 17.6 Å². The van der Waals surface area contributed by atoms with E-state index in [1.807, 2.05) is 26.0 Å². The molecular formula is C26H22FN3O3. The molecule has 0 aromatic heterocycles. The van der Waals surface area contributed by atoms with Crippen molar-refractivity contribution in [3.8, 4) is 0 Å². The number of nitrogens with zero attached hydrogens (tertiary/aromatic N) is 2. The lowest BCUT2D eigenvalue weighted by Crippen LogP contribution is -2.48. The van der Waals surface area contributed by atoms with Crippen LogP contribution in [0.4, 0.5) is 10.1 Å². The first-order valence-electron chi connectivity index (χ1n) is 10.7. The van der Waals surface area contributed by atoms with Crippen molar-refractivity contribution in [2.45, 2.75) is 25.9 Å². The zero-order valence-corrected chi connectivity index (χ0v) is 18.2. The van der Waals surface area contributed by atoms with Gasteiger partial charge in [0.15, 0.2) is 0 Å². The number of aryl methyl sites for hydroxylation is 2. The van der Waals surface area contributed by atoms with Gasteiger partial charge in [0.2, 0.25) is 5.91 Å². The molecule has 0 saturated carbocycles. The summed E-state index contributed by atoms with van der Waals surface area (Å²) in [6, 6.07) is 18.1. The fourth-order valence-electron chi connectivity index (χ4n) is 4.54. The number of amides is 3. The van der Waals surface area contributed by atoms with Gasteiger partial charge in [-0.05, 0) is 44.2 Å². The van der Waals surface area contributed by atoms with Gasteiger partial charge < -0.3 is 0 Å². The first-order chi connectivity index (χ1) is 15.9. The molecule has 3 aromatic rings. The SMILES string of the molecule is Cc1ccc(C(=O)N2N[C@H](c3ccccc3F)[C@H]3C(=O)N(c4ccc(C)cc4)C(=O)[C@@H]32)cc1. The fourth-order valence-corrected chi connectivity index (χ4v) is 4.54. The molecule has 1 N–H and O–H groups in total. The maximum Gasteiger partial charge on any atom is 0.268 e. The second-order valence-corrected chi connectivity index (χ2v) is 8.49. The number of benzene rings is 3. The minimum absolute atomic E-state index is 0.235. The maximum absolute atomic E-state index is 14.7. The van der Waals surface area contributed by atoms with Crippen LogP contribution >= 0.6 is 0 Å². The van der Waals surface area contributed by atoms with E-state index in [0.717, 1.165) is 16.0 Å². The predicted octanol–water partition coefficient (Wildman–Crippen LogP) is 3.70. The topological polar surface area (TPSA) is 69.7 Å². The summed E-state index contributed by atoms with van der Waals surface area (Å²) in [5.74, 6) is -2.89. The largest absolute Gasteiger partial charge is 0.274 e. The summed E-state index contributed by atoms with van der Waals surface area (Å²) in [6.07, 6.45) is 0. The van der Waals surface area contributed by atoms with E-state index in [2.05, 4.69) is 5.43 Å². The summed E-state index contributed by atoms with van der Waals surface area (Å²) < 4.78 is 14.7. The normalized spacial score (nSPS) is 22.1. The molecule has 0 bridgehead atoms. The van der Waals surface area contributed by atoms with Crippen LogP contribution in [0.15, 0.2) is 72.8 Å². The van der Waals surface area contributed by atoms with Crippen LogP contribution in [0.3, 0.4) is 0 Å². The number of hydrogen-bond donors (Lipinski definition) is 1.